The van der Waals surface area contributed by atoms with Crippen LogP contribution in [0.5, 0.6) is 0 Å². The van der Waals surface area contributed by atoms with Crippen molar-refractivity contribution in [1.29, 1.82) is 0 Å². The number of rotatable bonds is 5. The van der Waals surface area contributed by atoms with Gasteiger partial charge in [0, 0.05) is 16.0 Å². The first-order valence-electron chi connectivity index (χ1n) is 11.0. The molecular formula is C25H29ClN2O2S. The molecule has 2 aliphatic rings. The summed E-state index contributed by atoms with van der Waals surface area (Å²) in [6, 6.07) is 15.7. The Morgan fingerprint density at radius 1 is 1.16 bits per heavy atom. The molecule has 164 valence electrons. The molecule has 4 nitrogen and oxygen atoms in total. The van der Waals surface area contributed by atoms with Crippen molar-refractivity contribution in [3.05, 3.63) is 59.1 Å². The van der Waals surface area contributed by atoms with E-state index in [1.54, 1.807) is 4.90 Å². The Morgan fingerprint density at radius 2 is 1.90 bits per heavy atom. The van der Waals surface area contributed by atoms with Gasteiger partial charge in [0.25, 0.3) is 0 Å². The van der Waals surface area contributed by atoms with Crippen LogP contribution in [0.25, 0.3) is 0 Å². The first-order chi connectivity index (χ1) is 14.9. The average Bonchev–Trinajstić information content (AvgIpc) is 2.76. The topological polar surface area (TPSA) is 49.4 Å². The molecule has 1 fully saturated rings. The van der Waals surface area contributed by atoms with E-state index in [2.05, 4.69) is 12.2 Å². The van der Waals surface area contributed by atoms with Crippen molar-refractivity contribution in [3.8, 4) is 0 Å². The number of carbonyl (C=O) groups excluding carboxylic acids is 2. The molecule has 0 radical (unpaired) electrons. The number of fused-ring (bicyclic) bond motifs is 1. The van der Waals surface area contributed by atoms with E-state index in [4.69, 9.17) is 11.6 Å². The van der Waals surface area contributed by atoms with Gasteiger partial charge < -0.3 is 10.2 Å². The number of carbonyl (C=O) groups is 2. The normalized spacial score (nSPS) is 24.4. The van der Waals surface area contributed by atoms with Crippen LogP contribution in [0.2, 0.25) is 5.02 Å². The lowest BCUT2D eigenvalue weighted by Gasteiger charge is -2.36. The van der Waals surface area contributed by atoms with Crippen molar-refractivity contribution in [1.82, 2.24) is 5.32 Å². The molecule has 6 heteroatoms. The van der Waals surface area contributed by atoms with Gasteiger partial charge in [0.2, 0.25) is 11.8 Å². The number of para-hydroxylation sites is 1. The van der Waals surface area contributed by atoms with Gasteiger partial charge >= 0.3 is 0 Å². The van der Waals surface area contributed by atoms with Crippen LogP contribution in [0.15, 0.2) is 53.4 Å². The molecule has 31 heavy (non-hydrogen) atoms. The molecule has 0 spiro atoms. The highest BCUT2D eigenvalue weighted by atomic mass is 35.5. The van der Waals surface area contributed by atoms with E-state index in [-0.39, 0.29) is 17.9 Å². The van der Waals surface area contributed by atoms with Crippen molar-refractivity contribution < 1.29 is 9.59 Å². The molecule has 0 saturated heterocycles. The first-order valence-corrected chi connectivity index (χ1v) is 12.3. The maximum Gasteiger partial charge on any atom is 0.241 e. The summed E-state index contributed by atoms with van der Waals surface area (Å²) < 4.78 is 0. The predicted octanol–water partition coefficient (Wildman–Crippen LogP) is 5.68. The molecule has 0 aromatic heterocycles. The van der Waals surface area contributed by atoms with E-state index >= 15 is 0 Å². The van der Waals surface area contributed by atoms with Crippen molar-refractivity contribution in [3.63, 3.8) is 0 Å². The summed E-state index contributed by atoms with van der Waals surface area (Å²) in [5.74, 6) is 0.278. The summed E-state index contributed by atoms with van der Waals surface area (Å²) in [6.07, 6.45) is 4.35. The molecule has 2 amide bonds. The van der Waals surface area contributed by atoms with Crippen LogP contribution in [-0.4, -0.2) is 23.1 Å². The summed E-state index contributed by atoms with van der Waals surface area (Å²) in [5.41, 5.74) is 1.86. The fourth-order valence-corrected chi connectivity index (χ4v) is 5.91. The minimum Gasteiger partial charge on any atom is -0.353 e. The van der Waals surface area contributed by atoms with Gasteiger partial charge in [-0.3, -0.25) is 9.59 Å². The van der Waals surface area contributed by atoms with Crippen LogP contribution in [0, 0.1) is 11.8 Å². The number of anilines is 1. The molecule has 1 aliphatic carbocycles. The van der Waals surface area contributed by atoms with E-state index in [0.29, 0.717) is 11.6 Å². The Bertz CT molecular complexity index is 958. The summed E-state index contributed by atoms with van der Waals surface area (Å²) in [4.78, 5) is 29.4. The second kappa shape index (κ2) is 9.66. The van der Waals surface area contributed by atoms with Gasteiger partial charge in [-0.2, -0.15) is 0 Å². The van der Waals surface area contributed by atoms with Gasteiger partial charge in [-0.05, 0) is 61.4 Å². The Morgan fingerprint density at radius 3 is 2.65 bits per heavy atom. The lowest BCUT2D eigenvalue weighted by molar-refractivity contribution is -0.129. The third-order valence-electron chi connectivity index (χ3n) is 6.38. The lowest BCUT2D eigenvalue weighted by Crippen LogP contribution is -2.49. The monoisotopic (exact) mass is 456 g/mol. The fourth-order valence-electron chi connectivity index (χ4n) is 4.41. The zero-order valence-corrected chi connectivity index (χ0v) is 19.6. The number of halogens is 1. The van der Waals surface area contributed by atoms with Gasteiger partial charge in [-0.15, -0.1) is 11.8 Å². The molecule has 0 bridgehead atoms. The highest BCUT2D eigenvalue weighted by Gasteiger charge is 2.40. The van der Waals surface area contributed by atoms with Gasteiger partial charge in [0.15, 0.2) is 0 Å². The Hall–Kier alpha value is -1.98. The van der Waals surface area contributed by atoms with E-state index in [0.717, 1.165) is 47.7 Å². The van der Waals surface area contributed by atoms with Crippen LogP contribution in [-0.2, 0) is 16.1 Å². The highest BCUT2D eigenvalue weighted by Crippen LogP contribution is 2.42. The Labute approximate surface area is 193 Å². The van der Waals surface area contributed by atoms with Crippen LogP contribution in [0.4, 0.5) is 5.69 Å². The molecule has 1 heterocycles. The number of hydrogen-bond acceptors (Lipinski definition) is 3. The Balaban J connectivity index is 1.53. The van der Waals surface area contributed by atoms with Crippen molar-refractivity contribution >= 4 is 40.9 Å². The van der Waals surface area contributed by atoms with Gasteiger partial charge in [0.1, 0.15) is 5.25 Å². The van der Waals surface area contributed by atoms with Gasteiger partial charge in [-0.25, -0.2) is 0 Å². The van der Waals surface area contributed by atoms with Crippen molar-refractivity contribution in [2.24, 2.45) is 11.8 Å². The van der Waals surface area contributed by atoms with Crippen LogP contribution >= 0.6 is 23.4 Å². The molecular weight excluding hydrogens is 428 g/mol. The number of nitrogens with one attached hydrogen (secondary N) is 1. The summed E-state index contributed by atoms with van der Waals surface area (Å²) in [7, 11) is 0. The minimum absolute atomic E-state index is 0.0208. The number of benzene rings is 2. The second-order valence-corrected chi connectivity index (χ2v) is 10.4. The SMILES string of the molecule is CC1CCC(NC(=O)[C@@H](C)[C@H]2Sc3ccccc3N(Cc3cccc(Cl)c3)C2=O)CC1. The number of amides is 2. The summed E-state index contributed by atoms with van der Waals surface area (Å²) >= 11 is 7.66. The average molecular weight is 457 g/mol. The molecule has 1 saturated carbocycles. The number of nitrogens with zero attached hydrogens (tertiary/aromatic N) is 1. The zero-order chi connectivity index (χ0) is 22.0. The Kier molecular flexibility index (Phi) is 6.92. The molecule has 2 aromatic carbocycles. The first kappa shape index (κ1) is 22.2. The summed E-state index contributed by atoms with van der Waals surface area (Å²) in [5, 5.41) is 3.41. The van der Waals surface area contributed by atoms with E-state index < -0.39 is 11.2 Å². The zero-order valence-electron chi connectivity index (χ0n) is 18.0. The van der Waals surface area contributed by atoms with E-state index in [9.17, 15) is 9.59 Å². The maximum atomic E-state index is 13.6. The lowest BCUT2D eigenvalue weighted by atomic mass is 9.87. The smallest absolute Gasteiger partial charge is 0.241 e. The molecule has 0 unspecified atom stereocenters. The van der Waals surface area contributed by atoms with Crippen LogP contribution < -0.4 is 10.2 Å². The van der Waals surface area contributed by atoms with Crippen molar-refractivity contribution in [2.45, 2.75) is 62.3 Å². The van der Waals surface area contributed by atoms with Crippen LogP contribution in [0.1, 0.15) is 45.1 Å². The number of hydrogen-bond donors (Lipinski definition) is 1. The molecule has 2 aromatic rings. The largest absolute Gasteiger partial charge is 0.353 e. The van der Waals surface area contributed by atoms with E-state index in [1.165, 1.54) is 11.8 Å². The molecule has 1 aliphatic heterocycles. The molecule has 4 rings (SSSR count). The third-order valence-corrected chi connectivity index (χ3v) is 8.08. The highest BCUT2D eigenvalue weighted by molar-refractivity contribution is 8.01. The van der Waals surface area contributed by atoms with Crippen molar-refractivity contribution in [2.75, 3.05) is 4.90 Å². The molecule has 1 N–H and O–H groups in total. The minimum atomic E-state index is -0.448. The summed E-state index contributed by atoms with van der Waals surface area (Å²) in [6.45, 7) is 4.58. The second-order valence-electron chi connectivity index (χ2n) is 8.81. The third kappa shape index (κ3) is 5.09. The quantitative estimate of drug-likeness (QED) is 0.629. The van der Waals surface area contributed by atoms with Gasteiger partial charge in [-0.1, -0.05) is 49.7 Å². The maximum absolute atomic E-state index is 13.6. The predicted molar refractivity (Wildman–Crippen MR) is 127 cm³/mol. The number of thioether (sulfide) groups is 1. The van der Waals surface area contributed by atoms with E-state index in [1.807, 2.05) is 55.5 Å². The van der Waals surface area contributed by atoms with Crippen LogP contribution in [0.3, 0.4) is 0 Å². The van der Waals surface area contributed by atoms with Gasteiger partial charge in [0.05, 0.1) is 18.2 Å². The standard InChI is InChI=1S/C25H29ClN2O2S/c1-16-10-12-20(13-11-16)27-24(29)17(2)23-25(30)28(15-18-6-5-7-19(26)14-18)21-8-3-4-9-22(21)31-23/h3-9,14,16-17,20,23H,10-13,15H2,1-2H3,(H,27,29)/t16?,17-,20?,23+/m0/s1. The fraction of sp³-hybridized carbons (Fsp3) is 0.440. The molecule has 2 atom stereocenters.